The second-order valence-electron chi connectivity index (χ2n) is 3.62. The van der Waals surface area contributed by atoms with Gasteiger partial charge in [-0.1, -0.05) is 17.7 Å². The summed E-state index contributed by atoms with van der Waals surface area (Å²) in [6.45, 7) is 2.06. The molecule has 0 saturated heterocycles. The molecule has 0 radical (unpaired) electrons. The first-order valence-corrected chi connectivity index (χ1v) is 7.01. The molecular weight excluding hydrogens is 277 g/mol. The molecule has 2 N–H and O–H groups in total. The molecule has 100 valence electrons. The lowest BCUT2D eigenvalue weighted by molar-refractivity contribution is -0.144. The van der Waals surface area contributed by atoms with Crippen molar-refractivity contribution in [2.45, 2.75) is 18.7 Å². The first-order chi connectivity index (χ1) is 8.54. The Morgan fingerprint density at radius 3 is 2.94 bits per heavy atom. The SMILES string of the molecule is CCOC(=O)C(N)CSCc1ccc(F)c(Cl)c1. The lowest BCUT2D eigenvalue weighted by Crippen LogP contribution is -2.34. The zero-order chi connectivity index (χ0) is 13.5. The van der Waals surface area contributed by atoms with Crippen LogP contribution in [0.4, 0.5) is 4.39 Å². The molecule has 0 aromatic heterocycles. The molecular formula is C12H15ClFNO2S. The standard InChI is InChI=1S/C12H15ClFNO2S/c1-2-17-12(16)11(15)7-18-6-8-3-4-10(14)9(13)5-8/h3-5,11H,2,6-7,15H2,1H3. The number of carbonyl (C=O) groups excluding carboxylic acids is 1. The van der Waals surface area contributed by atoms with Crippen molar-refractivity contribution in [3.05, 3.63) is 34.6 Å². The molecule has 0 fully saturated rings. The van der Waals surface area contributed by atoms with Gasteiger partial charge in [-0.3, -0.25) is 4.79 Å². The van der Waals surface area contributed by atoms with Crippen LogP contribution in [0.2, 0.25) is 5.02 Å². The highest BCUT2D eigenvalue weighted by Crippen LogP contribution is 2.20. The van der Waals surface area contributed by atoms with E-state index in [0.29, 0.717) is 18.1 Å². The minimum Gasteiger partial charge on any atom is -0.465 e. The molecule has 1 atom stereocenters. The highest BCUT2D eigenvalue weighted by molar-refractivity contribution is 7.98. The summed E-state index contributed by atoms with van der Waals surface area (Å²) in [5.41, 5.74) is 6.53. The number of ether oxygens (including phenoxy) is 1. The van der Waals surface area contributed by atoms with E-state index in [4.69, 9.17) is 22.1 Å². The average molecular weight is 292 g/mol. The summed E-state index contributed by atoms with van der Waals surface area (Å²) in [7, 11) is 0. The predicted octanol–water partition coefficient (Wildman–Crippen LogP) is 2.60. The smallest absolute Gasteiger partial charge is 0.323 e. The van der Waals surface area contributed by atoms with Gasteiger partial charge in [0, 0.05) is 11.5 Å². The summed E-state index contributed by atoms with van der Waals surface area (Å²) in [4.78, 5) is 11.3. The van der Waals surface area contributed by atoms with Crippen LogP contribution in [0.15, 0.2) is 18.2 Å². The first-order valence-electron chi connectivity index (χ1n) is 5.48. The highest BCUT2D eigenvalue weighted by atomic mass is 35.5. The number of thioether (sulfide) groups is 1. The Morgan fingerprint density at radius 2 is 2.33 bits per heavy atom. The lowest BCUT2D eigenvalue weighted by atomic mass is 10.2. The van der Waals surface area contributed by atoms with E-state index < -0.39 is 17.8 Å². The number of esters is 1. The van der Waals surface area contributed by atoms with Crippen molar-refractivity contribution >= 4 is 29.3 Å². The minimum atomic E-state index is -0.633. The normalized spacial score (nSPS) is 12.2. The molecule has 0 bridgehead atoms. The third-order valence-electron chi connectivity index (χ3n) is 2.14. The van der Waals surface area contributed by atoms with Crippen LogP contribution in [0.25, 0.3) is 0 Å². The number of hydrogen-bond donors (Lipinski definition) is 1. The van der Waals surface area contributed by atoms with Crippen LogP contribution in [-0.2, 0) is 15.3 Å². The maximum Gasteiger partial charge on any atom is 0.323 e. The summed E-state index contributed by atoms with van der Waals surface area (Å²) >= 11 is 7.14. The second-order valence-corrected chi connectivity index (χ2v) is 5.06. The van der Waals surface area contributed by atoms with Crippen molar-refractivity contribution < 1.29 is 13.9 Å². The van der Waals surface area contributed by atoms with Crippen LogP contribution in [0.1, 0.15) is 12.5 Å². The van der Waals surface area contributed by atoms with E-state index in [2.05, 4.69) is 0 Å². The van der Waals surface area contributed by atoms with Gasteiger partial charge in [-0.25, -0.2) is 4.39 Å². The summed E-state index contributed by atoms with van der Waals surface area (Å²) in [6.07, 6.45) is 0. The molecule has 18 heavy (non-hydrogen) atoms. The van der Waals surface area contributed by atoms with Crippen LogP contribution in [0.3, 0.4) is 0 Å². The fraction of sp³-hybridized carbons (Fsp3) is 0.417. The average Bonchev–Trinajstić information content (AvgIpc) is 2.34. The third-order valence-corrected chi connectivity index (χ3v) is 3.56. The van der Waals surface area contributed by atoms with Crippen molar-refractivity contribution in [2.75, 3.05) is 12.4 Å². The number of hydrogen-bond acceptors (Lipinski definition) is 4. The number of rotatable bonds is 6. The maximum absolute atomic E-state index is 12.9. The Balaban J connectivity index is 2.37. The van der Waals surface area contributed by atoms with Crippen LogP contribution in [0.5, 0.6) is 0 Å². The largest absolute Gasteiger partial charge is 0.465 e. The van der Waals surface area contributed by atoms with Crippen molar-refractivity contribution in [1.82, 2.24) is 0 Å². The van der Waals surface area contributed by atoms with Gasteiger partial charge < -0.3 is 10.5 Å². The van der Waals surface area contributed by atoms with Gasteiger partial charge in [0.15, 0.2) is 0 Å². The highest BCUT2D eigenvalue weighted by Gasteiger charge is 2.14. The van der Waals surface area contributed by atoms with E-state index in [0.717, 1.165) is 5.56 Å². The third kappa shape index (κ3) is 4.84. The molecule has 1 rings (SSSR count). The van der Waals surface area contributed by atoms with E-state index in [1.807, 2.05) is 0 Å². The van der Waals surface area contributed by atoms with E-state index in [9.17, 15) is 9.18 Å². The molecule has 1 aromatic rings. The summed E-state index contributed by atoms with van der Waals surface area (Å²) in [6, 6.07) is 3.92. The van der Waals surface area contributed by atoms with Gasteiger partial charge >= 0.3 is 5.97 Å². The van der Waals surface area contributed by atoms with Gasteiger partial charge in [0.1, 0.15) is 11.9 Å². The van der Waals surface area contributed by atoms with E-state index in [1.165, 1.54) is 17.8 Å². The van der Waals surface area contributed by atoms with Gasteiger partial charge in [0.2, 0.25) is 0 Å². The van der Waals surface area contributed by atoms with Gasteiger partial charge in [-0.2, -0.15) is 11.8 Å². The number of halogens is 2. The van der Waals surface area contributed by atoms with Crippen molar-refractivity contribution in [2.24, 2.45) is 5.73 Å². The summed E-state index contributed by atoms with van der Waals surface area (Å²) in [5, 5.41) is 0.0998. The molecule has 0 amide bonds. The Bertz CT molecular complexity index is 417. The molecule has 6 heteroatoms. The molecule has 0 aliphatic carbocycles. The van der Waals surface area contributed by atoms with Crippen LogP contribution < -0.4 is 5.73 Å². The maximum atomic E-state index is 12.9. The molecule has 0 heterocycles. The fourth-order valence-electron chi connectivity index (χ4n) is 1.25. The van der Waals surface area contributed by atoms with Gasteiger partial charge in [-0.15, -0.1) is 0 Å². The van der Waals surface area contributed by atoms with Crippen molar-refractivity contribution in [3.63, 3.8) is 0 Å². The zero-order valence-corrected chi connectivity index (χ0v) is 11.6. The van der Waals surface area contributed by atoms with Crippen LogP contribution in [0, 0.1) is 5.82 Å². The van der Waals surface area contributed by atoms with E-state index >= 15 is 0 Å². The van der Waals surface area contributed by atoms with Crippen molar-refractivity contribution in [3.8, 4) is 0 Å². The Labute approximate surface area is 115 Å². The fourth-order valence-corrected chi connectivity index (χ4v) is 2.38. The quantitative estimate of drug-likeness (QED) is 0.819. The molecule has 1 aromatic carbocycles. The number of benzene rings is 1. The van der Waals surface area contributed by atoms with Crippen LogP contribution in [-0.4, -0.2) is 24.4 Å². The Kier molecular flexibility index (Phi) is 6.46. The van der Waals surface area contributed by atoms with Gasteiger partial charge in [-0.05, 0) is 24.6 Å². The van der Waals surface area contributed by atoms with Gasteiger partial charge in [0.25, 0.3) is 0 Å². The Morgan fingerprint density at radius 1 is 1.61 bits per heavy atom. The minimum absolute atomic E-state index is 0.0998. The van der Waals surface area contributed by atoms with E-state index in [-0.39, 0.29) is 5.02 Å². The van der Waals surface area contributed by atoms with Crippen LogP contribution >= 0.6 is 23.4 Å². The zero-order valence-electron chi connectivity index (χ0n) is 9.99. The lowest BCUT2D eigenvalue weighted by Gasteiger charge is -2.10. The second kappa shape index (κ2) is 7.61. The summed E-state index contributed by atoms with van der Waals surface area (Å²) < 4.78 is 17.7. The number of nitrogens with two attached hydrogens (primary N) is 1. The Hall–Kier alpha value is -0.780. The van der Waals surface area contributed by atoms with Crippen molar-refractivity contribution in [1.29, 1.82) is 0 Å². The molecule has 0 aliphatic rings. The summed E-state index contributed by atoms with van der Waals surface area (Å²) in [5.74, 6) is 0.233. The van der Waals surface area contributed by atoms with Gasteiger partial charge in [0.05, 0.1) is 11.6 Å². The molecule has 0 saturated carbocycles. The topological polar surface area (TPSA) is 52.3 Å². The predicted molar refractivity (Wildman–Crippen MR) is 72.2 cm³/mol. The molecule has 1 unspecified atom stereocenters. The number of carbonyl (C=O) groups is 1. The molecule has 0 spiro atoms. The van der Waals surface area contributed by atoms with E-state index in [1.54, 1.807) is 19.1 Å². The molecule has 0 aliphatic heterocycles. The monoisotopic (exact) mass is 291 g/mol. The first kappa shape index (κ1) is 15.3. The molecule has 3 nitrogen and oxygen atoms in total.